The summed E-state index contributed by atoms with van der Waals surface area (Å²) in [5.41, 5.74) is 0.554. The van der Waals surface area contributed by atoms with Gasteiger partial charge in [0.1, 0.15) is 0 Å². The number of nitro benzene ring substituents is 1. The lowest BCUT2D eigenvalue weighted by atomic mass is 10.0. The van der Waals surface area contributed by atoms with Crippen LogP contribution in [0.2, 0.25) is 0 Å². The fraction of sp³-hybridized carbons (Fsp3) is 0.300. The van der Waals surface area contributed by atoms with E-state index in [0.717, 1.165) is 0 Å². The van der Waals surface area contributed by atoms with E-state index in [1.807, 2.05) is 0 Å². The molecule has 2 rings (SSSR count). The Morgan fingerprint density at radius 3 is 2.33 bits per heavy atom. The molecule has 0 radical (unpaired) electrons. The first-order valence-corrected chi connectivity index (χ1v) is 5.12. The Morgan fingerprint density at radius 2 is 1.83 bits per heavy atom. The molecule has 0 bridgehead atoms. The molecule has 0 N–H and O–H groups in total. The first-order chi connectivity index (χ1) is 8.50. The van der Waals surface area contributed by atoms with E-state index in [4.69, 9.17) is 4.84 Å². The third-order valence-electron chi connectivity index (χ3n) is 2.64. The van der Waals surface area contributed by atoms with E-state index in [1.54, 1.807) is 6.92 Å². The standard InChI is InChI=1S/C10H9N3O5/c1-6-10(13(16)17)9(11-18-6)7-2-4-8(5-3-7)12(14)15/h2-6,10H,1H3/t6-,10-/m0/s1. The van der Waals surface area contributed by atoms with Crippen LogP contribution in [0, 0.1) is 20.2 Å². The maximum Gasteiger partial charge on any atom is 0.296 e. The minimum absolute atomic E-state index is 0.0797. The Hall–Kier alpha value is -2.51. The maximum atomic E-state index is 10.9. The average Bonchev–Trinajstić information content (AvgIpc) is 2.71. The van der Waals surface area contributed by atoms with Gasteiger partial charge in [-0.15, -0.1) is 0 Å². The van der Waals surface area contributed by atoms with Gasteiger partial charge in [0.25, 0.3) is 11.7 Å². The highest BCUT2D eigenvalue weighted by atomic mass is 16.7. The van der Waals surface area contributed by atoms with Crippen LogP contribution < -0.4 is 0 Å². The molecule has 8 nitrogen and oxygen atoms in total. The van der Waals surface area contributed by atoms with E-state index in [0.29, 0.717) is 5.56 Å². The summed E-state index contributed by atoms with van der Waals surface area (Å²) in [6.45, 7) is 1.55. The summed E-state index contributed by atoms with van der Waals surface area (Å²) in [6.07, 6.45) is -0.648. The lowest BCUT2D eigenvalue weighted by Crippen LogP contribution is -2.35. The van der Waals surface area contributed by atoms with Crippen molar-refractivity contribution in [3.63, 3.8) is 0 Å². The predicted molar refractivity (Wildman–Crippen MR) is 61.0 cm³/mol. The van der Waals surface area contributed by atoms with Gasteiger partial charge in [-0.05, 0) is 19.1 Å². The van der Waals surface area contributed by atoms with Gasteiger partial charge in [0, 0.05) is 22.6 Å². The number of hydrogen-bond donors (Lipinski definition) is 0. The van der Waals surface area contributed by atoms with Gasteiger partial charge in [0.2, 0.25) is 0 Å². The third-order valence-corrected chi connectivity index (χ3v) is 2.64. The second-order valence-electron chi connectivity index (χ2n) is 3.82. The number of nitrogens with zero attached hydrogens (tertiary/aromatic N) is 3. The lowest BCUT2D eigenvalue weighted by Gasteiger charge is -2.06. The van der Waals surface area contributed by atoms with E-state index in [9.17, 15) is 20.2 Å². The first-order valence-electron chi connectivity index (χ1n) is 5.12. The fourth-order valence-corrected chi connectivity index (χ4v) is 1.72. The zero-order valence-corrected chi connectivity index (χ0v) is 9.35. The molecule has 0 spiro atoms. The van der Waals surface area contributed by atoms with E-state index in [-0.39, 0.29) is 11.4 Å². The second kappa shape index (κ2) is 4.40. The van der Waals surface area contributed by atoms with Crippen LogP contribution in [0.4, 0.5) is 5.69 Å². The van der Waals surface area contributed by atoms with Crippen molar-refractivity contribution in [3.8, 4) is 0 Å². The zero-order chi connectivity index (χ0) is 13.3. The third kappa shape index (κ3) is 1.99. The van der Waals surface area contributed by atoms with Gasteiger partial charge in [-0.25, -0.2) is 0 Å². The largest absolute Gasteiger partial charge is 0.384 e. The van der Waals surface area contributed by atoms with E-state index in [1.165, 1.54) is 24.3 Å². The van der Waals surface area contributed by atoms with E-state index >= 15 is 0 Å². The molecule has 94 valence electrons. The lowest BCUT2D eigenvalue weighted by molar-refractivity contribution is -0.510. The Balaban J connectivity index is 2.31. The molecule has 0 saturated heterocycles. The molecule has 0 aliphatic carbocycles. The quantitative estimate of drug-likeness (QED) is 0.595. The maximum absolute atomic E-state index is 10.9. The smallest absolute Gasteiger partial charge is 0.296 e. The van der Waals surface area contributed by atoms with Crippen molar-refractivity contribution < 1.29 is 14.7 Å². The van der Waals surface area contributed by atoms with Crippen molar-refractivity contribution in [1.29, 1.82) is 0 Å². The topological polar surface area (TPSA) is 108 Å². The summed E-state index contributed by atoms with van der Waals surface area (Å²) in [7, 11) is 0. The highest BCUT2D eigenvalue weighted by molar-refractivity contribution is 6.04. The fourth-order valence-electron chi connectivity index (χ4n) is 1.72. The molecule has 1 aliphatic heterocycles. The molecule has 0 unspecified atom stereocenters. The van der Waals surface area contributed by atoms with Gasteiger partial charge in [-0.2, -0.15) is 0 Å². The van der Waals surface area contributed by atoms with Crippen molar-refractivity contribution in [1.82, 2.24) is 0 Å². The van der Waals surface area contributed by atoms with Crippen LogP contribution in [0.25, 0.3) is 0 Å². The minimum Gasteiger partial charge on any atom is -0.384 e. The summed E-state index contributed by atoms with van der Waals surface area (Å²) in [5, 5.41) is 25.1. The van der Waals surface area contributed by atoms with Crippen LogP contribution in [0.15, 0.2) is 29.4 Å². The molecule has 1 aromatic rings. The molecular formula is C10H9N3O5. The molecule has 0 saturated carbocycles. The zero-order valence-electron chi connectivity index (χ0n) is 9.35. The van der Waals surface area contributed by atoms with Crippen LogP contribution in [-0.4, -0.2) is 27.7 Å². The molecule has 8 heteroatoms. The van der Waals surface area contributed by atoms with Crippen molar-refractivity contribution in [2.75, 3.05) is 0 Å². The van der Waals surface area contributed by atoms with Gasteiger partial charge in [0.05, 0.1) is 4.92 Å². The van der Waals surface area contributed by atoms with Crippen LogP contribution in [0.3, 0.4) is 0 Å². The van der Waals surface area contributed by atoms with E-state index in [2.05, 4.69) is 5.16 Å². The SMILES string of the molecule is C[C@@H]1ON=C(c2ccc([N+](=O)[O-])cc2)[C@H]1[N+](=O)[O-]. The summed E-state index contributed by atoms with van der Waals surface area (Å²) in [4.78, 5) is 25.3. The molecule has 0 fully saturated rings. The molecule has 1 aliphatic rings. The van der Waals surface area contributed by atoms with E-state index < -0.39 is 22.0 Å². The Labute approximate surface area is 101 Å². The van der Waals surface area contributed by atoms with Crippen molar-refractivity contribution in [2.45, 2.75) is 19.1 Å². The highest BCUT2D eigenvalue weighted by Crippen LogP contribution is 2.21. The summed E-state index contributed by atoms with van der Waals surface area (Å²) < 4.78 is 0. The number of nitro groups is 2. The molecule has 1 aromatic carbocycles. The Bertz CT molecular complexity index is 525. The van der Waals surface area contributed by atoms with Crippen molar-refractivity contribution in [3.05, 3.63) is 50.1 Å². The summed E-state index contributed by atoms with van der Waals surface area (Å²) in [6, 6.07) is 4.35. The molecule has 18 heavy (non-hydrogen) atoms. The van der Waals surface area contributed by atoms with Gasteiger partial charge in [0.15, 0.2) is 11.8 Å². The molecule has 1 heterocycles. The van der Waals surface area contributed by atoms with Crippen LogP contribution in [-0.2, 0) is 4.84 Å². The van der Waals surface area contributed by atoms with Gasteiger partial charge >= 0.3 is 0 Å². The summed E-state index contributed by atoms with van der Waals surface area (Å²) in [5.74, 6) is 0. The molecule has 0 amide bonds. The van der Waals surface area contributed by atoms with Crippen molar-refractivity contribution in [2.24, 2.45) is 5.16 Å². The van der Waals surface area contributed by atoms with Gasteiger partial charge < -0.3 is 4.84 Å². The number of benzene rings is 1. The number of non-ortho nitro benzene ring substituents is 1. The Kier molecular flexibility index (Phi) is 2.92. The first kappa shape index (κ1) is 12.0. The second-order valence-corrected chi connectivity index (χ2v) is 3.82. The predicted octanol–water partition coefficient (Wildman–Crippen LogP) is 1.36. The molecule has 0 aromatic heterocycles. The minimum atomic E-state index is -1.05. The normalized spacial score (nSPS) is 22.2. The Morgan fingerprint density at radius 1 is 1.22 bits per heavy atom. The monoisotopic (exact) mass is 251 g/mol. The average molecular weight is 251 g/mol. The summed E-state index contributed by atoms with van der Waals surface area (Å²) >= 11 is 0. The number of hydrogen-bond acceptors (Lipinski definition) is 6. The number of oxime groups is 1. The van der Waals surface area contributed by atoms with Gasteiger partial charge in [-0.1, -0.05) is 5.16 Å². The van der Waals surface area contributed by atoms with Crippen LogP contribution >= 0.6 is 0 Å². The molecule has 2 atom stereocenters. The van der Waals surface area contributed by atoms with Crippen molar-refractivity contribution >= 4 is 11.4 Å². The van der Waals surface area contributed by atoms with Gasteiger partial charge in [-0.3, -0.25) is 20.2 Å². The number of rotatable bonds is 3. The molecular weight excluding hydrogens is 242 g/mol. The van der Waals surface area contributed by atoms with Crippen LogP contribution in [0.1, 0.15) is 12.5 Å². The van der Waals surface area contributed by atoms with Crippen LogP contribution in [0.5, 0.6) is 0 Å². The highest BCUT2D eigenvalue weighted by Gasteiger charge is 2.41.